The fraction of sp³-hybridized carbons (Fsp3) is 0.0526. The lowest BCUT2D eigenvalue weighted by atomic mass is 10.2. The van der Waals surface area contributed by atoms with Gasteiger partial charge in [0.2, 0.25) is 0 Å². The maximum atomic E-state index is 11.7. The predicted octanol–water partition coefficient (Wildman–Crippen LogP) is 3.67. The molecule has 6 nitrogen and oxygen atoms in total. The van der Waals surface area contributed by atoms with Gasteiger partial charge in [0.05, 0.1) is 12.8 Å². The van der Waals surface area contributed by atoms with Gasteiger partial charge < -0.3 is 4.74 Å². The largest absolute Gasteiger partial charge is 0.465 e. The summed E-state index contributed by atoms with van der Waals surface area (Å²) in [5, 5.41) is 14.3. The summed E-state index contributed by atoms with van der Waals surface area (Å²) in [4.78, 5) is 16.2. The van der Waals surface area contributed by atoms with Crippen molar-refractivity contribution in [2.75, 3.05) is 7.11 Å². The Bertz CT molecular complexity index is 1000. The van der Waals surface area contributed by atoms with Gasteiger partial charge in [0.25, 0.3) is 0 Å². The van der Waals surface area contributed by atoms with Gasteiger partial charge in [-0.1, -0.05) is 29.8 Å². The molecular formula is C19H13ClN4O2. The summed E-state index contributed by atoms with van der Waals surface area (Å²) >= 11 is 5.93. The predicted molar refractivity (Wildman–Crippen MR) is 97.4 cm³/mol. The number of ether oxygens (including phenoxy) is 1. The van der Waals surface area contributed by atoms with E-state index in [2.05, 4.69) is 14.8 Å². The summed E-state index contributed by atoms with van der Waals surface area (Å²) in [6, 6.07) is 18.2. The van der Waals surface area contributed by atoms with E-state index < -0.39 is 5.97 Å². The number of methoxy groups -OCH3 is 1. The van der Waals surface area contributed by atoms with Crippen LogP contribution in [0, 0.1) is 11.3 Å². The van der Waals surface area contributed by atoms with Gasteiger partial charge in [0.15, 0.2) is 11.6 Å². The Morgan fingerprint density at radius 1 is 1.19 bits per heavy atom. The summed E-state index contributed by atoms with van der Waals surface area (Å²) in [5.74, 6) is 0.0465. The molecule has 26 heavy (non-hydrogen) atoms. The van der Waals surface area contributed by atoms with Crippen molar-refractivity contribution in [3.8, 4) is 23.1 Å². The number of esters is 1. The number of rotatable bonds is 4. The molecule has 0 N–H and O–H groups in total. The third kappa shape index (κ3) is 3.63. The van der Waals surface area contributed by atoms with E-state index in [1.807, 2.05) is 36.4 Å². The van der Waals surface area contributed by atoms with Crippen LogP contribution in [0.25, 0.3) is 23.2 Å². The summed E-state index contributed by atoms with van der Waals surface area (Å²) in [6.07, 6.45) is 1.35. The first-order valence-electron chi connectivity index (χ1n) is 7.61. The molecule has 7 heteroatoms. The average Bonchev–Trinajstić information content (AvgIpc) is 3.10. The van der Waals surface area contributed by atoms with E-state index in [-0.39, 0.29) is 5.57 Å². The summed E-state index contributed by atoms with van der Waals surface area (Å²) in [7, 11) is 1.22. The average molecular weight is 365 g/mol. The molecule has 0 unspecified atom stereocenters. The van der Waals surface area contributed by atoms with Crippen LogP contribution in [0.1, 0.15) is 5.82 Å². The van der Waals surface area contributed by atoms with Gasteiger partial charge >= 0.3 is 5.97 Å². The van der Waals surface area contributed by atoms with Crippen molar-refractivity contribution in [2.24, 2.45) is 0 Å². The highest BCUT2D eigenvalue weighted by Crippen LogP contribution is 2.21. The maximum Gasteiger partial charge on any atom is 0.348 e. The summed E-state index contributed by atoms with van der Waals surface area (Å²) in [5.41, 5.74) is 1.34. The van der Waals surface area contributed by atoms with Gasteiger partial charge in [-0.3, -0.25) is 0 Å². The van der Waals surface area contributed by atoms with Gasteiger partial charge in [-0.15, -0.1) is 5.10 Å². The zero-order valence-corrected chi connectivity index (χ0v) is 14.5. The van der Waals surface area contributed by atoms with Crippen LogP contribution in [0.5, 0.6) is 0 Å². The fourth-order valence-electron chi connectivity index (χ4n) is 2.27. The second-order valence-corrected chi connectivity index (χ2v) is 5.65. The number of hydrogen-bond donors (Lipinski definition) is 0. The van der Waals surface area contributed by atoms with Crippen molar-refractivity contribution in [1.82, 2.24) is 14.8 Å². The Balaban J connectivity index is 2.15. The lowest BCUT2D eigenvalue weighted by molar-refractivity contribution is -0.135. The number of halogens is 1. The molecule has 0 amide bonds. The summed E-state index contributed by atoms with van der Waals surface area (Å²) < 4.78 is 6.18. The van der Waals surface area contributed by atoms with Crippen LogP contribution >= 0.6 is 11.6 Å². The maximum absolute atomic E-state index is 11.7. The molecule has 0 saturated carbocycles. The fourth-order valence-corrected chi connectivity index (χ4v) is 2.40. The number of benzene rings is 2. The minimum atomic E-state index is -0.733. The molecule has 0 spiro atoms. The number of carbonyl (C=O) groups excluding carboxylic acids is 1. The molecule has 128 valence electrons. The van der Waals surface area contributed by atoms with Crippen molar-refractivity contribution in [1.29, 1.82) is 5.26 Å². The molecule has 0 aliphatic heterocycles. The molecule has 1 heterocycles. The topological polar surface area (TPSA) is 80.8 Å². The first-order chi connectivity index (χ1) is 12.6. The molecule has 0 aliphatic carbocycles. The van der Waals surface area contributed by atoms with E-state index in [0.717, 1.165) is 11.3 Å². The second kappa shape index (κ2) is 7.64. The number of nitrogens with zero attached hydrogens (tertiary/aromatic N) is 4. The van der Waals surface area contributed by atoms with E-state index >= 15 is 0 Å². The first-order valence-corrected chi connectivity index (χ1v) is 7.98. The van der Waals surface area contributed by atoms with Crippen LogP contribution in [0.15, 0.2) is 60.2 Å². The van der Waals surface area contributed by atoms with Crippen LogP contribution in [0.3, 0.4) is 0 Å². The van der Waals surface area contributed by atoms with E-state index in [1.54, 1.807) is 28.9 Å². The minimum Gasteiger partial charge on any atom is -0.465 e. The molecule has 0 saturated heterocycles. The van der Waals surface area contributed by atoms with E-state index in [0.29, 0.717) is 16.7 Å². The third-order valence-electron chi connectivity index (χ3n) is 3.53. The van der Waals surface area contributed by atoms with E-state index in [1.165, 1.54) is 13.2 Å². The Labute approximate surface area is 154 Å². The zero-order valence-electron chi connectivity index (χ0n) is 13.8. The van der Waals surface area contributed by atoms with Crippen LogP contribution in [-0.4, -0.2) is 27.8 Å². The zero-order chi connectivity index (χ0) is 18.5. The molecular weight excluding hydrogens is 352 g/mol. The normalized spacial score (nSPS) is 11.0. The molecule has 3 rings (SSSR count). The van der Waals surface area contributed by atoms with E-state index in [9.17, 15) is 10.1 Å². The molecule has 0 atom stereocenters. The minimum absolute atomic E-state index is 0.167. The van der Waals surface area contributed by atoms with Crippen molar-refractivity contribution < 1.29 is 9.53 Å². The lowest BCUT2D eigenvalue weighted by Crippen LogP contribution is -2.05. The van der Waals surface area contributed by atoms with Crippen molar-refractivity contribution in [3.63, 3.8) is 0 Å². The molecule has 0 fully saturated rings. The highest BCUT2D eigenvalue weighted by molar-refractivity contribution is 6.30. The van der Waals surface area contributed by atoms with Gasteiger partial charge in [-0.05, 0) is 36.4 Å². The number of hydrogen-bond acceptors (Lipinski definition) is 5. The molecule has 0 bridgehead atoms. The van der Waals surface area contributed by atoms with Gasteiger partial charge in [-0.2, -0.15) is 5.26 Å². The van der Waals surface area contributed by atoms with Crippen LogP contribution in [0.4, 0.5) is 0 Å². The molecule has 0 aliphatic rings. The van der Waals surface area contributed by atoms with Gasteiger partial charge in [0, 0.05) is 16.7 Å². The molecule has 2 aromatic carbocycles. The van der Waals surface area contributed by atoms with Crippen molar-refractivity contribution in [3.05, 3.63) is 71.0 Å². The Morgan fingerprint density at radius 3 is 2.50 bits per heavy atom. The highest BCUT2D eigenvalue weighted by atomic mass is 35.5. The van der Waals surface area contributed by atoms with Crippen LogP contribution in [-0.2, 0) is 9.53 Å². The quantitative estimate of drug-likeness (QED) is 0.401. The Hall–Kier alpha value is -3.43. The van der Waals surface area contributed by atoms with Gasteiger partial charge in [-0.25, -0.2) is 14.5 Å². The molecule has 3 aromatic rings. The standard InChI is InChI=1S/C19H13ClN4O2/c1-26-19(25)14(12-21)11-17-22-18(13-7-9-15(20)10-8-13)23-24(17)16-5-3-2-4-6-16/h2-11H,1H3/b14-11+. The smallest absolute Gasteiger partial charge is 0.348 e. The number of carbonyl (C=O) groups is 1. The van der Waals surface area contributed by atoms with Crippen molar-refractivity contribution >= 4 is 23.6 Å². The number of para-hydroxylation sites is 1. The SMILES string of the molecule is COC(=O)/C(C#N)=C/c1nc(-c2ccc(Cl)cc2)nn1-c1ccccc1. The Morgan fingerprint density at radius 2 is 1.88 bits per heavy atom. The lowest BCUT2D eigenvalue weighted by Gasteiger charge is -2.03. The monoisotopic (exact) mass is 364 g/mol. The van der Waals surface area contributed by atoms with E-state index in [4.69, 9.17) is 11.6 Å². The Kier molecular flexibility index (Phi) is 5.11. The first kappa shape index (κ1) is 17.4. The summed E-state index contributed by atoms with van der Waals surface area (Å²) in [6.45, 7) is 0. The van der Waals surface area contributed by atoms with Gasteiger partial charge in [0.1, 0.15) is 11.6 Å². The highest BCUT2D eigenvalue weighted by Gasteiger charge is 2.15. The second-order valence-electron chi connectivity index (χ2n) is 5.21. The molecule has 1 aromatic heterocycles. The number of nitriles is 1. The number of aromatic nitrogens is 3. The molecule has 0 radical (unpaired) electrons. The van der Waals surface area contributed by atoms with Crippen LogP contribution < -0.4 is 0 Å². The van der Waals surface area contributed by atoms with Crippen molar-refractivity contribution in [2.45, 2.75) is 0 Å². The third-order valence-corrected chi connectivity index (χ3v) is 3.79. The van der Waals surface area contributed by atoms with Crippen LogP contribution in [0.2, 0.25) is 5.02 Å².